The third kappa shape index (κ3) is 4.61. The highest BCUT2D eigenvalue weighted by molar-refractivity contribution is 5.48. The smallest absolute Gasteiger partial charge is 0.0927 e. The number of piperazine rings is 1. The summed E-state index contributed by atoms with van der Waals surface area (Å²) in [5.74, 6) is 0. The Morgan fingerprint density at radius 3 is 2.53 bits per heavy atom. The summed E-state index contributed by atoms with van der Waals surface area (Å²) in [5.41, 5.74) is 1.25. The molecule has 1 saturated heterocycles. The fourth-order valence-corrected chi connectivity index (χ4v) is 2.14. The summed E-state index contributed by atoms with van der Waals surface area (Å²) in [6.07, 6.45) is 7.82. The molecule has 1 fully saturated rings. The molecule has 98 valence electrons. The number of nitrogens with zero attached hydrogens (tertiary/aromatic N) is 3. The van der Waals surface area contributed by atoms with Gasteiger partial charge in [-0.25, -0.2) is 0 Å². The van der Waals surface area contributed by atoms with Crippen molar-refractivity contribution >= 4 is 6.08 Å². The Hall–Kier alpha value is -2.05. The van der Waals surface area contributed by atoms with E-state index in [-0.39, 0.29) is 0 Å². The predicted octanol–water partition coefficient (Wildman–Crippen LogP) is 2.35. The Bertz CT molecular complexity index is 463. The van der Waals surface area contributed by atoms with Crippen LogP contribution in [0.5, 0.6) is 0 Å². The number of benzene rings is 1. The van der Waals surface area contributed by atoms with Crippen molar-refractivity contribution < 1.29 is 0 Å². The molecule has 1 heterocycles. The lowest BCUT2D eigenvalue weighted by atomic mass is 10.2. The molecule has 0 unspecified atom stereocenters. The fraction of sp³-hybridized carbons (Fsp3) is 0.312. The van der Waals surface area contributed by atoms with Crippen LogP contribution in [0, 0.1) is 11.3 Å². The predicted molar refractivity (Wildman–Crippen MR) is 78.2 cm³/mol. The van der Waals surface area contributed by atoms with Crippen LogP contribution in [-0.2, 0) is 0 Å². The second kappa shape index (κ2) is 7.40. The van der Waals surface area contributed by atoms with Gasteiger partial charge in [0.25, 0.3) is 0 Å². The van der Waals surface area contributed by atoms with E-state index in [2.05, 4.69) is 46.2 Å². The highest BCUT2D eigenvalue weighted by Gasteiger charge is 2.12. The maximum absolute atomic E-state index is 8.49. The van der Waals surface area contributed by atoms with Gasteiger partial charge in [-0.2, -0.15) is 5.26 Å². The number of allylic oxidation sites excluding steroid dienone is 1. The number of nitriles is 1. The lowest BCUT2D eigenvalue weighted by molar-refractivity contribution is 0.183. The van der Waals surface area contributed by atoms with Crippen molar-refractivity contribution in [2.75, 3.05) is 32.7 Å². The summed E-state index contributed by atoms with van der Waals surface area (Å²) in [7, 11) is 0. The number of hydrogen-bond acceptors (Lipinski definition) is 3. The molecule has 0 saturated carbocycles. The van der Waals surface area contributed by atoms with Crippen LogP contribution < -0.4 is 0 Å². The van der Waals surface area contributed by atoms with Crippen molar-refractivity contribution in [3.05, 3.63) is 54.2 Å². The van der Waals surface area contributed by atoms with Crippen molar-refractivity contribution in [3.63, 3.8) is 0 Å². The van der Waals surface area contributed by atoms with Crippen LogP contribution in [0.2, 0.25) is 0 Å². The van der Waals surface area contributed by atoms with Gasteiger partial charge >= 0.3 is 0 Å². The van der Waals surface area contributed by atoms with Crippen molar-refractivity contribution in [3.8, 4) is 6.07 Å². The maximum atomic E-state index is 8.49. The van der Waals surface area contributed by atoms with Crippen LogP contribution >= 0.6 is 0 Å². The van der Waals surface area contributed by atoms with E-state index in [1.807, 2.05) is 18.3 Å². The first-order valence-corrected chi connectivity index (χ1v) is 6.63. The topological polar surface area (TPSA) is 30.3 Å². The van der Waals surface area contributed by atoms with Crippen molar-refractivity contribution in [1.82, 2.24) is 9.80 Å². The molecule has 0 amide bonds. The highest BCUT2D eigenvalue weighted by Crippen LogP contribution is 2.04. The minimum atomic E-state index is 0.991. The normalized spacial score (nSPS) is 17.1. The first kappa shape index (κ1) is 13.4. The van der Waals surface area contributed by atoms with E-state index >= 15 is 0 Å². The third-order valence-electron chi connectivity index (χ3n) is 3.24. The largest absolute Gasteiger partial charge is 0.374 e. The van der Waals surface area contributed by atoms with E-state index in [9.17, 15) is 0 Å². The summed E-state index contributed by atoms with van der Waals surface area (Å²) >= 11 is 0. The van der Waals surface area contributed by atoms with Crippen LogP contribution in [-0.4, -0.2) is 42.5 Å². The molecule has 0 radical (unpaired) electrons. The standard InChI is InChI=1S/C16H19N3/c17-9-5-11-19-14-12-18(13-15-19)10-4-8-16-6-2-1-3-7-16/h1-8,11H,10,12-15H2/b8-4+,11-5+. The van der Waals surface area contributed by atoms with E-state index in [1.54, 1.807) is 6.08 Å². The zero-order chi connectivity index (χ0) is 13.3. The zero-order valence-corrected chi connectivity index (χ0v) is 11.1. The Morgan fingerprint density at radius 1 is 1.11 bits per heavy atom. The Morgan fingerprint density at radius 2 is 1.84 bits per heavy atom. The first-order valence-electron chi connectivity index (χ1n) is 6.63. The minimum Gasteiger partial charge on any atom is -0.374 e. The monoisotopic (exact) mass is 253 g/mol. The van der Waals surface area contributed by atoms with E-state index in [4.69, 9.17) is 5.26 Å². The van der Waals surface area contributed by atoms with E-state index in [0.717, 1.165) is 32.7 Å². The molecule has 0 N–H and O–H groups in total. The van der Waals surface area contributed by atoms with Gasteiger partial charge in [-0.3, -0.25) is 4.90 Å². The molecule has 0 aromatic heterocycles. The molecule has 3 nitrogen and oxygen atoms in total. The molecule has 0 atom stereocenters. The molecule has 0 spiro atoms. The van der Waals surface area contributed by atoms with E-state index < -0.39 is 0 Å². The Kier molecular flexibility index (Phi) is 5.21. The lowest BCUT2D eigenvalue weighted by Crippen LogP contribution is -2.43. The number of hydrogen-bond donors (Lipinski definition) is 0. The average Bonchev–Trinajstić information content (AvgIpc) is 2.47. The molecule has 3 heteroatoms. The average molecular weight is 253 g/mol. The van der Waals surface area contributed by atoms with Gasteiger partial charge in [-0.1, -0.05) is 42.5 Å². The first-order chi connectivity index (χ1) is 9.38. The molecule has 1 aromatic rings. The minimum absolute atomic E-state index is 0.991. The van der Waals surface area contributed by atoms with Crippen molar-refractivity contribution in [2.45, 2.75) is 0 Å². The van der Waals surface area contributed by atoms with Gasteiger partial charge < -0.3 is 4.90 Å². The summed E-state index contributed by atoms with van der Waals surface area (Å²) in [4.78, 5) is 4.62. The summed E-state index contributed by atoms with van der Waals surface area (Å²) < 4.78 is 0. The molecule has 2 rings (SSSR count). The Balaban J connectivity index is 1.73. The molecule has 0 bridgehead atoms. The summed E-state index contributed by atoms with van der Waals surface area (Å²) in [6, 6.07) is 12.4. The molecule has 1 aliphatic rings. The molecular weight excluding hydrogens is 234 g/mol. The van der Waals surface area contributed by atoms with Crippen molar-refractivity contribution in [2.24, 2.45) is 0 Å². The molecule has 0 aliphatic carbocycles. The lowest BCUT2D eigenvalue weighted by Gasteiger charge is -2.33. The molecule has 19 heavy (non-hydrogen) atoms. The van der Waals surface area contributed by atoms with Gasteiger partial charge in [0.1, 0.15) is 0 Å². The van der Waals surface area contributed by atoms with Gasteiger partial charge in [0.15, 0.2) is 0 Å². The van der Waals surface area contributed by atoms with Gasteiger partial charge in [0.2, 0.25) is 0 Å². The van der Waals surface area contributed by atoms with Crippen LogP contribution in [0.3, 0.4) is 0 Å². The maximum Gasteiger partial charge on any atom is 0.0927 e. The highest BCUT2D eigenvalue weighted by atomic mass is 15.2. The van der Waals surface area contributed by atoms with Gasteiger partial charge in [0, 0.05) is 45.0 Å². The van der Waals surface area contributed by atoms with Crippen molar-refractivity contribution in [1.29, 1.82) is 5.26 Å². The SMILES string of the molecule is N#C/C=C/N1CCN(C/C=C/c2ccccc2)CC1. The van der Waals surface area contributed by atoms with Crippen LogP contribution in [0.1, 0.15) is 5.56 Å². The second-order valence-corrected chi connectivity index (χ2v) is 4.59. The fourth-order valence-electron chi connectivity index (χ4n) is 2.14. The van der Waals surface area contributed by atoms with Crippen LogP contribution in [0.4, 0.5) is 0 Å². The van der Waals surface area contributed by atoms with Gasteiger partial charge in [-0.05, 0) is 5.56 Å². The number of rotatable bonds is 4. The van der Waals surface area contributed by atoms with Gasteiger partial charge in [-0.15, -0.1) is 0 Å². The Labute approximate surface area is 115 Å². The molecule has 1 aliphatic heterocycles. The summed E-state index contributed by atoms with van der Waals surface area (Å²) in [5, 5.41) is 8.49. The molecular formula is C16H19N3. The van der Waals surface area contributed by atoms with E-state index in [0.29, 0.717) is 0 Å². The second-order valence-electron chi connectivity index (χ2n) is 4.59. The third-order valence-corrected chi connectivity index (χ3v) is 3.24. The van der Waals surface area contributed by atoms with Crippen LogP contribution in [0.25, 0.3) is 6.08 Å². The van der Waals surface area contributed by atoms with E-state index in [1.165, 1.54) is 5.56 Å². The zero-order valence-electron chi connectivity index (χ0n) is 11.1. The van der Waals surface area contributed by atoms with Crippen LogP contribution in [0.15, 0.2) is 48.7 Å². The molecule has 1 aromatic carbocycles. The quantitative estimate of drug-likeness (QED) is 0.772. The summed E-state index contributed by atoms with van der Waals surface area (Å²) in [6.45, 7) is 5.09. The van der Waals surface area contributed by atoms with Gasteiger partial charge in [0.05, 0.1) is 6.07 Å².